The quantitative estimate of drug-likeness (QED) is 0.695. The number of para-hydroxylation sites is 2. The first kappa shape index (κ1) is 12.1. The zero-order valence-electron chi connectivity index (χ0n) is 9.96. The van der Waals surface area contributed by atoms with Crippen molar-refractivity contribution in [3.8, 4) is 0 Å². The molecule has 0 amide bonds. The standard InChI is InChI=1S/C14H11N3S2/c18-13(15-10-6-2-1-3-7-10)17-14-16-11-8-4-5-9-12(11)19-14/h1-9H,(H2,15,16,17,18). The summed E-state index contributed by atoms with van der Waals surface area (Å²) in [6.45, 7) is 0. The molecule has 2 aromatic carbocycles. The second kappa shape index (κ2) is 5.34. The zero-order valence-corrected chi connectivity index (χ0v) is 11.6. The molecule has 0 fully saturated rings. The number of anilines is 2. The molecule has 0 unspecified atom stereocenters. The van der Waals surface area contributed by atoms with Crippen molar-refractivity contribution >= 4 is 49.7 Å². The van der Waals surface area contributed by atoms with E-state index in [0.29, 0.717) is 5.11 Å². The third kappa shape index (κ3) is 2.89. The van der Waals surface area contributed by atoms with Crippen molar-refractivity contribution in [2.45, 2.75) is 0 Å². The van der Waals surface area contributed by atoms with E-state index in [0.717, 1.165) is 21.0 Å². The molecule has 1 aromatic heterocycles. The van der Waals surface area contributed by atoms with Crippen molar-refractivity contribution in [2.75, 3.05) is 10.6 Å². The molecule has 0 aliphatic rings. The Labute approximate surface area is 120 Å². The van der Waals surface area contributed by atoms with Gasteiger partial charge in [0, 0.05) is 5.69 Å². The number of thiazole rings is 1. The first-order valence-corrected chi connectivity index (χ1v) is 7.02. The molecule has 0 spiro atoms. The summed E-state index contributed by atoms with van der Waals surface area (Å²) in [6, 6.07) is 17.8. The Morgan fingerprint density at radius 2 is 1.68 bits per heavy atom. The molecular formula is C14H11N3S2. The molecule has 0 bridgehead atoms. The van der Waals surface area contributed by atoms with E-state index < -0.39 is 0 Å². The van der Waals surface area contributed by atoms with Crippen LogP contribution in [0.2, 0.25) is 0 Å². The van der Waals surface area contributed by atoms with E-state index in [4.69, 9.17) is 12.2 Å². The molecule has 2 N–H and O–H groups in total. The van der Waals surface area contributed by atoms with Crippen LogP contribution in [0, 0.1) is 0 Å². The van der Waals surface area contributed by atoms with Crippen molar-refractivity contribution < 1.29 is 0 Å². The summed E-state index contributed by atoms with van der Waals surface area (Å²) in [5.41, 5.74) is 1.94. The number of rotatable bonds is 2. The van der Waals surface area contributed by atoms with Crippen LogP contribution in [0.25, 0.3) is 10.2 Å². The molecule has 5 heteroatoms. The van der Waals surface area contributed by atoms with E-state index in [-0.39, 0.29) is 0 Å². The summed E-state index contributed by atoms with van der Waals surface area (Å²) in [5.74, 6) is 0. The van der Waals surface area contributed by atoms with Gasteiger partial charge in [-0.3, -0.25) is 0 Å². The van der Waals surface area contributed by atoms with Gasteiger partial charge in [0.05, 0.1) is 10.2 Å². The number of hydrogen-bond donors (Lipinski definition) is 2. The Bertz CT molecular complexity index is 674. The molecule has 0 aliphatic heterocycles. The fourth-order valence-corrected chi connectivity index (χ4v) is 2.86. The zero-order chi connectivity index (χ0) is 13.1. The second-order valence-electron chi connectivity index (χ2n) is 3.93. The SMILES string of the molecule is S=C(Nc1ccccc1)Nc1nc2ccccc2s1. The van der Waals surface area contributed by atoms with Crippen LogP contribution in [-0.2, 0) is 0 Å². The highest BCUT2D eigenvalue weighted by molar-refractivity contribution is 7.80. The van der Waals surface area contributed by atoms with Crippen molar-refractivity contribution in [1.82, 2.24) is 4.98 Å². The van der Waals surface area contributed by atoms with E-state index >= 15 is 0 Å². The lowest BCUT2D eigenvalue weighted by Crippen LogP contribution is -2.18. The highest BCUT2D eigenvalue weighted by Crippen LogP contribution is 2.25. The normalized spacial score (nSPS) is 10.3. The van der Waals surface area contributed by atoms with E-state index in [1.807, 2.05) is 54.6 Å². The van der Waals surface area contributed by atoms with Gasteiger partial charge in [0.15, 0.2) is 10.2 Å². The van der Waals surface area contributed by atoms with Crippen molar-refractivity contribution in [3.63, 3.8) is 0 Å². The topological polar surface area (TPSA) is 37.0 Å². The number of hydrogen-bond acceptors (Lipinski definition) is 3. The third-order valence-corrected chi connectivity index (χ3v) is 3.70. The van der Waals surface area contributed by atoms with Gasteiger partial charge in [0.1, 0.15) is 0 Å². The van der Waals surface area contributed by atoms with Crippen molar-refractivity contribution in [2.24, 2.45) is 0 Å². The van der Waals surface area contributed by atoms with Gasteiger partial charge in [-0.2, -0.15) is 0 Å². The highest BCUT2D eigenvalue weighted by Gasteiger charge is 2.04. The summed E-state index contributed by atoms with van der Waals surface area (Å²) in [6.07, 6.45) is 0. The summed E-state index contributed by atoms with van der Waals surface area (Å²) in [7, 11) is 0. The Morgan fingerprint density at radius 3 is 2.47 bits per heavy atom. The lowest BCUT2D eigenvalue weighted by atomic mass is 10.3. The maximum atomic E-state index is 5.27. The maximum Gasteiger partial charge on any atom is 0.190 e. The lowest BCUT2D eigenvalue weighted by Gasteiger charge is -2.07. The summed E-state index contributed by atoms with van der Waals surface area (Å²) < 4.78 is 1.15. The average molecular weight is 285 g/mol. The molecule has 0 radical (unpaired) electrons. The predicted octanol–water partition coefficient (Wildman–Crippen LogP) is 4.11. The van der Waals surface area contributed by atoms with E-state index in [1.54, 1.807) is 11.3 Å². The van der Waals surface area contributed by atoms with Gasteiger partial charge in [0.2, 0.25) is 0 Å². The Hall–Kier alpha value is -1.98. The molecule has 94 valence electrons. The molecule has 3 nitrogen and oxygen atoms in total. The van der Waals surface area contributed by atoms with Crippen molar-refractivity contribution in [3.05, 3.63) is 54.6 Å². The summed E-state index contributed by atoms with van der Waals surface area (Å²) in [4.78, 5) is 4.47. The van der Waals surface area contributed by atoms with Crippen LogP contribution >= 0.6 is 23.6 Å². The maximum absolute atomic E-state index is 5.27. The van der Waals surface area contributed by atoms with Gasteiger partial charge < -0.3 is 10.6 Å². The van der Waals surface area contributed by atoms with Gasteiger partial charge in [-0.05, 0) is 36.5 Å². The van der Waals surface area contributed by atoms with Gasteiger partial charge in [-0.1, -0.05) is 41.7 Å². The van der Waals surface area contributed by atoms with Crippen LogP contribution in [0.4, 0.5) is 10.8 Å². The van der Waals surface area contributed by atoms with Gasteiger partial charge in [-0.25, -0.2) is 4.98 Å². The first-order valence-electron chi connectivity index (χ1n) is 5.80. The van der Waals surface area contributed by atoms with Crippen molar-refractivity contribution in [1.29, 1.82) is 0 Å². The predicted molar refractivity (Wildman–Crippen MR) is 85.9 cm³/mol. The second-order valence-corrected chi connectivity index (χ2v) is 5.37. The molecule has 1 heterocycles. The summed E-state index contributed by atoms with van der Waals surface area (Å²) in [5, 5.41) is 7.58. The average Bonchev–Trinajstić information content (AvgIpc) is 2.81. The number of fused-ring (bicyclic) bond motifs is 1. The van der Waals surface area contributed by atoms with Crippen LogP contribution in [0.1, 0.15) is 0 Å². The smallest absolute Gasteiger partial charge is 0.190 e. The molecule has 0 atom stereocenters. The molecule has 3 rings (SSSR count). The summed E-state index contributed by atoms with van der Waals surface area (Å²) >= 11 is 6.85. The number of thiocarbonyl (C=S) groups is 1. The lowest BCUT2D eigenvalue weighted by molar-refractivity contribution is 1.47. The first-order chi connectivity index (χ1) is 9.31. The fourth-order valence-electron chi connectivity index (χ4n) is 1.71. The minimum atomic E-state index is 0.547. The Morgan fingerprint density at radius 1 is 0.947 bits per heavy atom. The minimum absolute atomic E-state index is 0.547. The molecular weight excluding hydrogens is 274 g/mol. The fraction of sp³-hybridized carbons (Fsp3) is 0. The number of benzene rings is 2. The van der Waals surface area contributed by atoms with Crippen LogP contribution < -0.4 is 10.6 Å². The van der Waals surface area contributed by atoms with Crippen LogP contribution in [0.15, 0.2) is 54.6 Å². The van der Waals surface area contributed by atoms with Gasteiger partial charge in [-0.15, -0.1) is 0 Å². The minimum Gasteiger partial charge on any atom is -0.332 e. The number of aromatic nitrogens is 1. The molecule has 0 saturated carbocycles. The molecule has 19 heavy (non-hydrogen) atoms. The van der Waals surface area contributed by atoms with Gasteiger partial charge in [0.25, 0.3) is 0 Å². The van der Waals surface area contributed by atoms with E-state index in [1.165, 1.54) is 0 Å². The third-order valence-electron chi connectivity index (χ3n) is 2.55. The molecule has 3 aromatic rings. The number of nitrogens with one attached hydrogen (secondary N) is 2. The van der Waals surface area contributed by atoms with Crippen LogP contribution in [0.5, 0.6) is 0 Å². The van der Waals surface area contributed by atoms with Crippen LogP contribution in [0.3, 0.4) is 0 Å². The number of nitrogens with zero attached hydrogens (tertiary/aromatic N) is 1. The Balaban J connectivity index is 1.72. The monoisotopic (exact) mass is 285 g/mol. The van der Waals surface area contributed by atoms with E-state index in [2.05, 4.69) is 15.6 Å². The highest BCUT2D eigenvalue weighted by atomic mass is 32.1. The molecule has 0 aliphatic carbocycles. The molecule has 0 saturated heterocycles. The van der Waals surface area contributed by atoms with Gasteiger partial charge >= 0.3 is 0 Å². The van der Waals surface area contributed by atoms with E-state index in [9.17, 15) is 0 Å². The Kier molecular flexibility index (Phi) is 3.39. The largest absolute Gasteiger partial charge is 0.332 e. The van der Waals surface area contributed by atoms with Crippen LogP contribution in [-0.4, -0.2) is 10.1 Å².